The van der Waals surface area contributed by atoms with Gasteiger partial charge in [0.25, 0.3) is 0 Å². The summed E-state index contributed by atoms with van der Waals surface area (Å²) in [6, 6.07) is 16.5. The normalized spacial score (nSPS) is 11.6. The summed E-state index contributed by atoms with van der Waals surface area (Å²) in [7, 11) is 0. The predicted octanol–water partition coefficient (Wildman–Crippen LogP) is 5.68. The molecule has 0 saturated heterocycles. The molecule has 0 atom stereocenters. The van der Waals surface area contributed by atoms with E-state index in [0.29, 0.717) is 12.4 Å². The van der Waals surface area contributed by atoms with Gasteiger partial charge in [-0.2, -0.15) is 5.26 Å². The van der Waals surface area contributed by atoms with Crippen molar-refractivity contribution in [3.05, 3.63) is 65.2 Å². The largest absolute Gasteiger partial charge is 0.494 e. The summed E-state index contributed by atoms with van der Waals surface area (Å²) < 4.78 is 11.0. The molecule has 0 aromatic heterocycles. The summed E-state index contributed by atoms with van der Waals surface area (Å²) in [5.74, 6) is 0.513. The first-order valence-electron chi connectivity index (χ1n) is 9.51. The third-order valence-electron chi connectivity index (χ3n) is 4.23. The minimum Gasteiger partial charge on any atom is -0.494 e. The van der Waals surface area contributed by atoms with Crippen LogP contribution in [0.4, 0.5) is 0 Å². The molecular formula is C24H27NO3. The van der Waals surface area contributed by atoms with Gasteiger partial charge in [0.05, 0.1) is 6.61 Å². The van der Waals surface area contributed by atoms with Gasteiger partial charge in [0.15, 0.2) is 0 Å². The standard InChI is InChI=1S/C24H27NO3/c1-5-6-15-27-21-11-7-18(8-12-21)16-19(17-25)23(26)28-22-13-9-20(10-14-22)24(2,3)4/h7-14,16H,5-6,15H2,1-4H3/b19-16+. The molecule has 0 heterocycles. The van der Waals surface area contributed by atoms with Gasteiger partial charge in [-0.15, -0.1) is 0 Å². The monoisotopic (exact) mass is 377 g/mol. The average Bonchev–Trinajstić information content (AvgIpc) is 2.67. The Morgan fingerprint density at radius 3 is 2.18 bits per heavy atom. The van der Waals surface area contributed by atoms with Crippen molar-refractivity contribution in [3.8, 4) is 17.6 Å². The van der Waals surface area contributed by atoms with E-state index in [2.05, 4.69) is 27.7 Å². The molecule has 0 fully saturated rings. The zero-order valence-corrected chi connectivity index (χ0v) is 17.0. The molecule has 0 spiro atoms. The Bertz CT molecular complexity index is 851. The lowest BCUT2D eigenvalue weighted by atomic mass is 9.87. The maximum atomic E-state index is 12.3. The number of hydrogen-bond acceptors (Lipinski definition) is 4. The van der Waals surface area contributed by atoms with Crippen LogP contribution in [0, 0.1) is 11.3 Å². The van der Waals surface area contributed by atoms with Crippen LogP contribution in [0.2, 0.25) is 0 Å². The van der Waals surface area contributed by atoms with Gasteiger partial charge in [0.2, 0.25) is 0 Å². The van der Waals surface area contributed by atoms with Crippen molar-refractivity contribution in [2.75, 3.05) is 6.61 Å². The molecule has 2 aromatic rings. The van der Waals surface area contributed by atoms with E-state index in [1.807, 2.05) is 42.5 Å². The van der Waals surface area contributed by atoms with Gasteiger partial charge in [-0.05, 0) is 53.3 Å². The Morgan fingerprint density at radius 1 is 1.04 bits per heavy atom. The van der Waals surface area contributed by atoms with Crippen molar-refractivity contribution in [2.45, 2.75) is 46.0 Å². The van der Waals surface area contributed by atoms with Crippen LogP contribution in [0.5, 0.6) is 11.5 Å². The fourth-order valence-corrected chi connectivity index (χ4v) is 2.48. The Morgan fingerprint density at radius 2 is 1.64 bits per heavy atom. The lowest BCUT2D eigenvalue weighted by molar-refractivity contribution is -0.129. The minimum atomic E-state index is -0.672. The molecule has 0 N–H and O–H groups in total. The van der Waals surface area contributed by atoms with Crippen LogP contribution in [0.1, 0.15) is 51.7 Å². The quantitative estimate of drug-likeness (QED) is 0.205. The van der Waals surface area contributed by atoms with E-state index in [0.717, 1.165) is 29.7 Å². The molecule has 2 rings (SSSR count). The zero-order chi connectivity index (χ0) is 20.6. The second kappa shape index (κ2) is 9.75. The summed E-state index contributed by atoms with van der Waals surface area (Å²) in [5, 5.41) is 9.34. The van der Waals surface area contributed by atoms with Crippen LogP contribution in [0.15, 0.2) is 54.1 Å². The van der Waals surface area contributed by atoms with Crippen LogP contribution >= 0.6 is 0 Å². The number of hydrogen-bond donors (Lipinski definition) is 0. The highest BCUT2D eigenvalue weighted by Gasteiger charge is 2.15. The molecule has 0 aliphatic heterocycles. The van der Waals surface area contributed by atoms with Crippen molar-refractivity contribution < 1.29 is 14.3 Å². The van der Waals surface area contributed by atoms with Crippen molar-refractivity contribution in [2.24, 2.45) is 0 Å². The highest BCUT2D eigenvalue weighted by molar-refractivity contribution is 5.99. The fraction of sp³-hybridized carbons (Fsp3) is 0.333. The molecule has 0 amide bonds. The molecule has 0 unspecified atom stereocenters. The Kier molecular flexibility index (Phi) is 7.40. The van der Waals surface area contributed by atoms with E-state index in [9.17, 15) is 10.1 Å². The summed E-state index contributed by atoms with van der Waals surface area (Å²) in [6.07, 6.45) is 3.60. The maximum Gasteiger partial charge on any atom is 0.354 e. The molecule has 0 saturated carbocycles. The highest BCUT2D eigenvalue weighted by atomic mass is 16.5. The Hall–Kier alpha value is -3.06. The van der Waals surface area contributed by atoms with E-state index in [1.54, 1.807) is 12.1 Å². The molecule has 4 nitrogen and oxygen atoms in total. The number of rotatable bonds is 7. The first-order valence-corrected chi connectivity index (χ1v) is 9.51. The van der Waals surface area contributed by atoms with Crippen LogP contribution < -0.4 is 9.47 Å². The summed E-state index contributed by atoms with van der Waals surface area (Å²) >= 11 is 0. The van der Waals surface area contributed by atoms with E-state index in [4.69, 9.17) is 9.47 Å². The molecule has 0 aliphatic rings. The first kappa shape index (κ1) is 21.2. The van der Waals surface area contributed by atoms with Gasteiger partial charge >= 0.3 is 5.97 Å². The topological polar surface area (TPSA) is 59.3 Å². The number of unbranched alkanes of at least 4 members (excludes halogenated alkanes) is 1. The number of ether oxygens (including phenoxy) is 2. The van der Waals surface area contributed by atoms with Gasteiger partial charge in [0, 0.05) is 0 Å². The van der Waals surface area contributed by atoms with Crippen LogP contribution in [0.25, 0.3) is 6.08 Å². The van der Waals surface area contributed by atoms with Crippen molar-refractivity contribution in [3.63, 3.8) is 0 Å². The first-order chi connectivity index (χ1) is 13.3. The van der Waals surface area contributed by atoms with Gasteiger partial charge in [-0.1, -0.05) is 58.4 Å². The van der Waals surface area contributed by atoms with Crippen LogP contribution in [-0.4, -0.2) is 12.6 Å². The summed E-state index contributed by atoms with van der Waals surface area (Å²) in [6.45, 7) is 9.13. The lowest BCUT2D eigenvalue weighted by Gasteiger charge is -2.18. The number of carbonyl (C=O) groups excluding carboxylic acids is 1. The Balaban J connectivity index is 2.05. The smallest absolute Gasteiger partial charge is 0.354 e. The fourth-order valence-electron chi connectivity index (χ4n) is 2.48. The van der Waals surface area contributed by atoms with Crippen molar-refractivity contribution >= 4 is 12.0 Å². The van der Waals surface area contributed by atoms with Crippen LogP contribution in [0.3, 0.4) is 0 Å². The molecule has 146 valence electrons. The Labute approximate surface area is 167 Å². The molecule has 0 aliphatic carbocycles. The third-order valence-corrected chi connectivity index (χ3v) is 4.23. The number of nitrogens with zero attached hydrogens (tertiary/aromatic N) is 1. The minimum absolute atomic E-state index is 0.0205. The zero-order valence-electron chi connectivity index (χ0n) is 17.0. The van der Waals surface area contributed by atoms with Crippen LogP contribution in [-0.2, 0) is 10.2 Å². The van der Waals surface area contributed by atoms with Gasteiger partial charge < -0.3 is 9.47 Å². The molecule has 0 radical (unpaired) electrons. The lowest BCUT2D eigenvalue weighted by Crippen LogP contribution is -2.12. The second-order valence-electron chi connectivity index (χ2n) is 7.60. The van der Waals surface area contributed by atoms with E-state index in [-0.39, 0.29) is 11.0 Å². The number of carbonyl (C=O) groups is 1. The summed E-state index contributed by atoms with van der Waals surface area (Å²) in [5.41, 5.74) is 1.84. The third kappa shape index (κ3) is 6.28. The number of nitriles is 1. The van der Waals surface area contributed by atoms with E-state index < -0.39 is 5.97 Å². The molecule has 0 bridgehead atoms. The highest BCUT2D eigenvalue weighted by Crippen LogP contribution is 2.24. The second-order valence-corrected chi connectivity index (χ2v) is 7.60. The molecule has 28 heavy (non-hydrogen) atoms. The molecular weight excluding hydrogens is 350 g/mol. The summed E-state index contributed by atoms with van der Waals surface area (Å²) in [4.78, 5) is 12.3. The van der Waals surface area contributed by atoms with Crippen molar-refractivity contribution in [1.82, 2.24) is 0 Å². The predicted molar refractivity (Wildman–Crippen MR) is 111 cm³/mol. The number of benzene rings is 2. The van der Waals surface area contributed by atoms with Gasteiger partial charge in [-0.3, -0.25) is 0 Å². The maximum absolute atomic E-state index is 12.3. The SMILES string of the molecule is CCCCOc1ccc(/C=C(\C#N)C(=O)Oc2ccc(C(C)(C)C)cc2)cc1. The number of esters is 1. The average molecular weight is 377 g/mol. The van der Waals surface area contributed by atoms with E-state index >= 15 is 0 Å². The van der Waals surface area contributed by atoms with Gasteiger partial charge in [0.1, 0.15) is 23.1 Å². The van der Waals surface area contributed by atoms with E-state index in [1.165, 1.54) is 6.08 Å². The molecule has 4 heteroatoms. The molecule has 2 aromatic carbocycles. The van der Waals surface area contributed by atoms with Gasteiger partial charge in [-0.25, -0.2) is 4.79 Å². The van der Waals surface area contributed by atoms with Crippen molar-refractivity contribution in [1.29, 1.82) is 5.26 Å².